The Morgan fingerprint density at radius 1 is 0.580 bits per heavy atom. The summed E-state index contributed by atoms with van der Waals surface area (Å²) in [5.74, 6) is -6.16. The summed E-state index contributed by atoms with van der Waals surface area (Å²) in [5, 5.41) is 32.9. The van der Waals surface area contributed by atoms with Crippen molar-refractivity contribution >= 4 is 122 Å². The van der Waals surface area contributed by atoms with Crippen LogP contribution in [0.5, 0.6) is 23.0 Å². The Labute approximate surface area is 704 Å². The molecule has 4 aliphatic carbocycles. The topological polar surface area (TPSA) is 413 Å². The van der Waals surface area contributed by atoms with Gasteiger partial charge in [0.2, 0.25) is 33.7 Å². The smallest absolute Gasteiger partial charge is 0.330 e. The summed E-state index contributed by atoms with van der Waals surface area (Å²) < 4.78 is 81.8. The van der Waals surface area contributed by atoms with E-state index in [0.29, 0.717) is 80.4 Å². The van der Waals surface area contributed by atoms with Crippen molar-refractivity contribution in [3.05, 3.63) is 84.6 Å². The molecule has 7 N–H and O–H groups in total. The number of carboxylic acid groups (broad SMARTS) is 1. The number of ether oxygens (including phenoxy) is 6. The average Bonchev–Trinajstić information content (AvgIpc) is 1.53. The molecule has 2 aliphatic heterocycles. The SMILES string of the molecule is C=C[C@@H]1C[C@]1(NC(=O)[C@@H]1C[C@@H](Oc2cc(-c3csc(NC(C)C)n3)nc3cc(OC)ccc23)CN1C(=O)[C@@H](CC(=O)OC(C)(C)C)C(C)(C)C)C(=O)CS(=O)(=O)C1CC1.C=C[C@@H]1C[C@]1(NC(=O)[C@@H]1C[C@@H](Oc2cc(-c3csc(NC(C)C)n3)nc3cc(OC)ccc23)CN1C(=O)[C@@H](CC(=O)OC(C)(C)C)C(C)(C)C)C(=O)O.NS(=O)(=O)C1CC1. The van der Waals surface area contributed by atoms with E-state index in [4.69, 9.17) is 53.5 Å². The third-order valence-corrected chi connectivity index (χ3v) is 26.5. The number of aromatic nitrogens is 4. The molecule has 6 aliphatic rings. The highest BCUT2D eigenvalue weighted by molar-refractivity contribution is 7.93. The van der Waals surface area contributed by atoms with Gasteiger partial charge in [-0.25, -0.2) is 46.7 Å². The molecule has 6 aromatic rings. The van der Waals surface area contributed by atoms with Gasteiger partial charge in [0.05, 0.1) is 84.9 Å². The van der Waals surface area contributed by atoms with Crippen LogP contribution in [0.3, 0.4) is 0 Å². The lowest BCUT2D eigenvalue weighted by Gasteiger charge is -2.35. The average molecular weight is 1720 g/mol. The van der Waals surface area contributed by atoms with Gasteiger partial charge >= 0.3 is 17.9 Å². The number of likely N-dealkylation sites (tertiary alicyclic amines) is 2. The predicted octanol–water partition coefficient (Wildman–Crippen LogP) is 11.6. The quantitative estimate of drug-likeness (QED) is 0.0180. The van der Waals surface area contributed by atoms with Gasteiger partial charge in [-0.2, -0.15) is 0 Å². The van der Waals surface area contributed by atoms with Crippen LogP contribution in [0, 0.1) is 34.5 Å². The van der Waals surface area contributed by atoms with Crippen LogP contribution < -0.4 is 45.4 Å². The molecule has 648 valence electrons. The van der Waals surface area contributed by atoms with E-state index in [9.17, 15) is 60.3 Å². The second-order valence-electron chi connectivity index (χ2n) is 36.4. The summed E-state index contributed by atoms with van der Waals surface area (Å²) in [7, 11) is -3.66. The monoisotopic (exact) mass is 1720 g/mol. The van der Waals surface area contributed by atoms with Crippen LogP contribution in [-0.2, 0) is 67.7 Å². The van der Waals surface area contributed by atoms with Gasteiger partial charge in [-0.3, -0.25) is 33.6 Å². The Morgan fingerprint density at radius 2 is 0.966 bits per heavy atom. The molecule has 0 unspecified atom stereocenters. The van der Waals surface area contributed by atoms with Gasteiger partial charge in [0.25, 0.3) is 0 Å². The van der Waals surface area contributed by atoms with Gasteiger partial charge in [-0.05, 0) is 143 Å². The van der Waals surface area contributed by atoms with E-state index in [0.717, 1.165) is 23.1 Å². The van der Waals surface area contributed by atoms with Crippen molar-refractivity contribution in [2.24, 2.45) is 39.6 Å². The van der Waals surface area contributed by atoms with Crippen LogP contribution in [0.1, 0.15) is 175 Å². The molecule has 34 heteroatoms. The van der Waals surface area contributed by atoms with Gasteiger partial charge in [-0.1, -0.05) is 53.7 Å². The molecule has 0 spiro atoms. The fourth-order valence-corrected chi connectivity index (χ4v) is 18.8. The number of Topliss-reactive ketones (excluding diaryl/α,β-unsaturated/α-hetero) is 1. The number of fused-ring (bicyclic) bond motifs is 2. The Morgan fingerprint density at radius 3 is 1.29 bits per heavy atom. The van der Waals surface area contributed by atoms with E-state index in [1.54, 1.807) is 98.2 Å². The number of sulfonamides is 1. The Bertz CT molecular complexity index is 5090. The van der Waals surface area contributed by atoms with Crippen molar-refractivity contribution in [2.75, 3.05) is 43.7 Å². The minimum atomic E-state index is -3.67. The molecule has 12 rings (SSSR count). The lowest BCUT2D eigenvalue weighted by molar-refractivity contribution is -0.161. The second-order valence-corrected chi connectivity index (χ2v) is 42.2. The first-order chi connectivity index (χ1) is 55.4. The van der Waals surface area contributed by atoms with Crippen molar-refractivity contribution in [2.45, 2.75) is 244 Å². The molecule has 0 radical (unpaired) electrons. The summed E-state index contributed by atoms with van der Waals surface area (Å²) in [4.78, 5) is 132. The number of benzene rings is 2. The van der Waals surface area contributed by atoms with E-state index in [2.05, 4.69) is 34.4 Å². The number of nitrogens with two attached hydrogens (primary N) is 1. The van der Waals surface area contributed by atoms with E-state index in [-0.39, 0.29) is 68.9 Å². The summed E-state index contributed by atoms with van der Waals surface area (Å²) in [5.41, 5.74) is -2.34. The van der Waals surface area contributed by atoms with Crippen LogP contribution in [-0.4, -0.2) is 201 Å². The largest absolute Gasteiger partial charge is 0.497 e. The number of primary sulfonamides is 1. The molecule has 6 fully saturated rings. The first-order valence-corrected chi connectivity index (χ1v) is 45.2. The number of sulfone groups is 1. The highest BCUT2D eigenvalue weighted by atomic mass is 32.2. The minimum Gasteiger partial charge on any atom is -0.497 e. The zero-order chi connectivity index (χ0) is 87.8. The number of nitrogens with zero attached hydrogens (tertiary/aromatic N) is 6. The number of aliphatic carboxylic acids is 1. The van der Waals surface area contributed by atoms with E-state index < -0.39 is 159 Å². The first kappa shape index (κ1) is 91.9. The van der Waals surface area contributed by atoms with Crippen LogP contribution in [0.4, 0.5) is 10.3 Å². The number of nitrogens with one attached hydrogen (secondary N) is 4. The molecular formula is C85H115N11O19S4. The second kappa shape index (κ2) is 35.7. The van der Waals surface area contributed by atoms with Crippen LogP contribution in [0.25, 0.3) is 44.6 Å². The molecule has 0 bridgehead atoms. The van der Waals surface area contributed by atoms with Gasteiger partial charge in [0.15, 0.2) is 25.9 Å². The fraction of sp³-hybridized carbons (Fsp3) is 0.576. The number of rotatable bonds is 30. The van der Waals surface area contributed by atoms with Gasteiger partial charge < -0.3 is 64.6 Å². The molecule has 30 nitrogen and oxygen atoms in total. The Balaban J connectivity index is 0.000000232. The number of thiazole rings is 2. The number of ketones is 1. The van der Waals surface area contributed by atoms with Crippen molar-refractivity contribution in [1.29, 1.82) is 0 Å². The van der Waals surface area contributed by atoms with Crippen LogP contribution in [0.2, 0.25) is 0 Å². The van der Waals surface area contributed by atoms with Gasteiger partial charge in [-0.15, -0.1) is 35.8 Å². The molecule has 6 heterocycles. The van der Waals surface area contributed by atoms with Crippen LogP contribution >= 0.6 is 22.7 Å². The number of hydrogen-bond acceptors (Lipinski definition) is 26. The van der Waals surface area contributed by atoms with E-state index in [1.165, 1.54) is 38.5 Å². The third kappa shape index (κ3) is 23.0. The normalized spacial score (nSPS) is 22.2. The molecule has 2 saturated heterocycles. The number of carbonyl (C=O) groups excluding carboxylic acids is 7. The molecule has 2 aromatic carbocycles. The van der Waals surface area contributed by atoms with Gasteiger partial charge in [0.1, 0.15) is 86.7 Å². The summed E-state index contributed by atoms with van der Waals surface area (Å²) in [6.45, 7) is 37.3. The van der Waals surface area contributed by atoms with Gasteiger partial charge in [0, 0.05) is 82.6 Å². The molecular weight excluding hydrogens is 1610 g/mol. The van der Waals surface area contributed by atoms with E-state index >= 15 is 0 Å². The number of anilines is 2. The number of carboxylic acids is 1. The summed E-state index contributed by atoms with van der Waals surface area (Å²) >= 11 is 2.91. The molecule has 4 saturated carbocycles. The van der Waals surface area contributed by atoms with Crippen molar-refractivity contribution in [1.82, 2.24) is 40.4 Å². The zero-order valence-corrected chi connectivity index (χ0v) is 74.4. The number of esters is 2. The van der Waals surface area contributed by atoms with Crippen molar-refractivity contribution < 1.29 is 88.7 Å². The molecule has 10 atom stereocenters. The van der Waals surface area contributed by atoms with Crippen LogP contribution in [0.15, 0.2) is 84.6 Å². The zero-order valence-electron chi connectivity index (χ0n) is 71.2. The number of hydrogen-bond donors (Lipinski definition) is 6. The summed E-state index contributed by atoms with van der Waals surface area (Å²) in [6, 6.07) is 12.6. The number of amides is 4. The predicted molar refractivity (Wildman–Crippen MR) is 456 cm³/mol. The maximum atomic E-state index is 14.8. The lowest BCUT2D eigenvalue weighted by atomic mass is 9.77. The first-order valence-electron chi connectivity index (χ1n) is 40.1. The maximum absolute atomic E-state index is 14.8. The standard InChI is InChI=1S/C43H57N5O9S2.C39H51N5O8S.C3H7NO2S/c1-11-25-20-43(25,36(49)23-59(53,54)28-13-14-28)47-38(51)34-17-27(21-48(34)39(52)30(41(4,5)6)18-37(50)57-42(7,8)9)56-35-19-32(33-22-58-40(46-33)44-24(2)3)45-31-16-26(55-10)12-15-29(31)35;1-11-22-18-39(22,35(48)49)43-33(46)30-15-24(19-44(30)34(47)26(37(4,5)6)16-32(45)52-38(7,8)9)51-31-17-28(29-20-53-36(42-29)40-21(2)3)41-27-14-23(50-10)12-13-25(27)31;4-7(5,6)3-1-2-3/h11-12,15-16,19,22,24-25,27-28,30,34H,1,13-14,17-18,20-21,23H2,2-10H3,(H,44,46)(H,47,51);11-14,17,20-22,24,26,30H,1,15-16,18-19H2,2-10H3,(H,40,42)(H,43,46)(H,48,49);3H,1-2H2,(H2,4,5,6)/t25-,27-,30-,34+,43-;22-,24-,26-,30+,39-;/m11./s1. The Hall–Kier alpha value is -9.38. The lowest BCUT2D eigenvalue weighted by Crippen LogP contribution is -2.55. The summed E-state index contributed by atoms with van der Waals surface area (Å²) in [6.07, 6.45) is 4.30. The van der Waals surface area contributed by atoms with Crippen molar-refractivity contribution in [3.63, 3.8) is 0 Å². The number of methoxy groups -OCH3 is 2. The Kier molecular flexibility index (Phi) is 27.6. The highest BCUT2D eigenvalue weighted by Gasteiger charge is 2.63. The molecule has 4 aromatic heterocycles. The van der Waals surface area contributed by atoms with Crippen molar-refractivity contribution in [3.8, 4) is 45.8 Å². The third-order valence-electron chi connectivity index (χ3n) is 21.4. The highest BCUT2D eigenvalue weighted by Crippen LogP contribution is 2.49. The molecule has 119 heavy (non-hydrogen) atoms. The number of pyridine rings is 2. The minimum absolute atomic E-state index is 0.0111. The fourth-order valence-electron chi connectivity index (χ4n) is 14.6. The number of carbonyl (C=O) groups is 8. The molecule has 4 amide bonds. The maximum Gasteiger partial charge on any atom is 0.330 e. The van der Waals surface area contributed by atoms with E-state index in [1.807, 2.05) is 92.1 Å².